The average Bonchev–Trinajstić information content (AvgIpc) is 3.41. The Morgan fingerprint density at radius 3 is 3.08 bits per heavy atom. The summed E-state index contributed by atoms with van der Waals surface area (Å²) in [5.41, 5.74) is 0.620. The highest BCUT2D eigenvalue weighted by Gasteiger charge is 2.30. The van der Waals surface area contributed by atoms with Gasteiger partial charge in [-0.15, -0.1) is 0 Å². The molecule has 0 radical (unpaired) electrons. The van der Waals surface area contributed by atoms with E-state index in [0.717, 1.165) is 43.5 Å². The molecule has 1 saturated heterocycles. The van der Waals surface area contributed by atoms with Crippen LogP contribution in [0.15, 0.2) is 22.9 Å². The molecule has 2 aromatic heterocycles. The zero-order chi connectivity index (χ0) is 17.2. The number of nitriles is 1. The van der Waals surface area contributed by atoms with E-state index in [1.165, 1.54) is 12.8 Å². The third-order valence-electron chi connectivity index (χ3n) is 5.04. The van der Waals surface area contributed by atoms with E-state index < -0.39 is 0 Å². The highest BCUT2D eigenvalue weighted by atomic mass is 16.5. The summed E-state index contributed by atoms with van der Waals surface area (Å²) >= 11 is 0. The smallest absolute Gasteiger partial charge is 0.229 e. The fraction of sp³-hybridized carbons (Fsp3) is 0.556. The number of pyridine rings is 1. The van der Waals surface area contributed by atoms with Crippen molar-refractivity contribution in [3.05, 3.63) is 35.6 Å². The van der Waals surface area contributed by atoms with E-state index in [2.05, 4.69) is 31.0 Å². The third-order valence-corrected chi connectivity index (χ3v) is 5.04. The number of aromatic nitrogens is 3. The van der Waals surface area contributed by atoms with Crippen LogP contribution in [0.4, 0.5) is 5.82 Å². The zero-order valence-corrected chi connectivity index (χ0v) is 14.4. The van der Waals surface area contributed by atoms with E-state index in [1.807, 2.05) is 13.1 Å². The van der Waals surface area contributed by atoms with Gasteiger partial charge in [-0.05, 0) is 44.4 Å². The van der Waals surface area contributed by atoms with Crippen LogP contribution >= 0.6 is 0 Å². The Hall–Kier alpha value is -2.46. The Kier molecular flexibility index (Phi) is 4.36. The topological polar surface area (TPSA) is 82.1 Å². The van der Waals surface area contributed by atoms with E-state index in [9.17, 15) is 5.26 Å². The van der Waals surface area contributed by atoms with Gasteiger partial charge in [-0.3, -0.25) is 4.90 Å². The average molecular weight is 338 g/mol. The predicted molar refractivity (Wildman–Crippen MR) is 91.9 cm³/mol. The highest BCUT2D eigenvalue weighted by Crippen LogP contribution is 2.38. The van der Waals surface area contributed by atoms with Gasteiger partial charge < -0.3 is 9.42 Å². The van der Waals surface area contributed by atoms with Gasteiger partial charge in [-0.1, -0.05) is 5.16 Å². The van der Waals surface area contributed by atoms with E-state index in [4.69, 9.17) is 4.52 Å². The molecule has 1 saturated carbocycles. The maximum atomic E-state index is 9.31. The van der Waals surface area contributed by atoms with Gasteiger partial charge in [0.1, 0.15) is 11.9 Å². The van der Waals surface area contributed by atoms with Crippen molar-refractivity contribution < 1.29 is 4.52 Å². The molecule has 0 amide bonds. The van der Waals surface area contributed by atoms with Crippen molar-refractivity contribution in [2.24, 2.45) is 0 Å². The number of rotatable bonds is 5. The molecule has 25 heavy (non-hydrogen) atoms. The van der Waals surface area contributed by atoms with Crippen molar-refractivity contribution in [3.8, 4) is 6.07 Å². The summed E-state index contributed by atoms with van der Waals surface area (Å²) in [7, 11) is 2.02. The maximum absolute atomic E-state index is 9.31. The van der Waals surface area contributed by atoms with Gasteiger partial charge in [0.15, 0.2) is 5.82 Å². The minimum Gasteiger partial charge on any atom is -0.354 e. The quantitative estimate of drug-likeness (QED) is 0.827. The van der Waals surface area contributed by atoms with Crippen LogP contribution in [-0.4, -0.2) is 46.2 Å². The lowest BCUT2D eigenvalue weighted by molar-refractivity contribution is 0.192. The Morgan fingerprint density at radius 2 is 2.28 bits per heavy atom. The third kappa shape index (κ3) is 3.49. The van der Waals surface area contributed by atoms with E-state index in [1.54, 1.807) is 12.3 Å². The van der Waals surface area contributed by atoms with Gasteiger partial charge in [0, 0.05) is 31.7 Å². The standard InChI is InChI=1S/C18H22N6O/c1-23(17-14(10-19)4-2-8-20-17)15-5-3-9-24(11-15)12-16-21-18(25-22-16)13-6-7-13/h2,4,8,13,15H,3,5-7,9,11-12H2,1H3. The number of likely N-dealkylation sites (tertiary alicyclic amines) is 1. The van der Waals surface area contributed by atoms with Crippen LogP contribution < -0.4 is 4.90 Å². The molecule has 2 fully saturated rings. The summed E-state index contributed by atoms with van der Waals surface area (Å²) < 4.78 is 5.36. The zero-order valence-electron chi connectivity index (χ0n) is 14.4. The molecule has 1 unspecified atom stereocenters. The van der Waals surface area contributed by atoms with Crippen molar-refractivity contribution >= 4 is 5.82 Å². The normalized spacial score (nSPS) is 21.0. The maximum Gasteiger partial charge on any atom is 0.229 e. The minimum absolute atomic E-state index is 0.325. The number of hydrogen-bond acceptors (Lipinski definition) is 7. The van der Waals surface area contributed by atoms with Crippen LogP contribution in [0.3, 0.4) is 0 Å². The molecule has 2 aliphatic rings. The van der Waals surface area contributed by atoms with Gasteiger partial charge >= 0.3 is 0 Å². The second-order valence-electron chi connectivity index (χ2n) is 6.95. The van der Waals surface area contributed by atoms with Crippen LogP contribution in [-0.2, 0) is 6.54 Å². The van der Waals surface area contributed by atoms with Crippen molar-refractivity contribution in [1.29, 1.82) is 5.26 Å². The van der Waals surface area contributed by atoms with Gasteiger partial charge in [-0.2, -0.15) is 10.2 Å². The lowest BCUT2D eigenvalue weighted by atomic mass is 10.0. The van der Waals surface area contributed by atoms with Crippen LogP contribution in [0, 0.1) is 11.3 Å². The number of nitrogens with zero attached hydrogens (tertiary/aromatic N) is 6. The molecule has 0 N–H and O–H groups in total. The monoisotopic (exact) mass is 338 g/mol. The summed E-state index contributed by atoms with van der Waals surface area (Å²) in [4.78, 5) is 13.4. The predicted octanol–water partition coefficient (Wildman–Crippen LogP) is 2.31. The SMILES string of the molecule is CN(c1ncccc1C#N)C1CCCN(Cc2noc(C3CC3)n2)C1. The molecule has 7 heteroatoms. The van der Waals surface area contributed by atoms with Crippen LogP contribution in [0.1, 0.15) is 48.9 Å². The molecule has 1 aliphatic heterocycles. The molecule has 2 aromatic rings. The van der Waals surface area contributed by atoms with Gasteiger partial charge in [-0.25, -0.2) is 4.98 Å². The summed E-state index contributed by atoms with van der Waals surface area (Å²) in [6, 6.07) is 6.18. The second kappa shape index (κ2) is 6.81. The summed E-state index contributed by atoms with van der Waals surface area (Å²) in [6.45, 7) is 2.66. The van der Waals surface area contributed by atoms with Gasteiger partial charge in [0.25, 0.3) is 0 Å². The number of anilines is 1. The molecule has 7 nitrogen and oxygen atoms in total. The molecular weight excluding hydrogens is 316 g/mol. The lowest BCUT2D eigenvalue weighted by Gasteiger charge is -2.37. The molecule has 130 valence electrons. The first kappa shape index (κ1) is 16.0. The van der Waals surface area contributed by atoms with Crippen molar-refractivity contribution in [2.75, 3.05) is 25.0 Å². The summed E-state index contributed by atoms with van der Waals surface area (Å²) in [5, 5.41) is 13.4. The Morgan fingerprint density at radius 1 is 1.40 bits per heavy atom. The number of likely N-dealkylation sites (N-methyl/N-ethyl adjacent to an activating group) is 1. The highest BCUT2D eigenvalue weighted by molar-refractivity contribution is 5.53. The van der Waals surface area contributed by atoms with Crippen molar-refractivity contribution in [2.45, 2.75) is 44.2 Å². The number of hydrogen-bond donors (Lipinski definition) is 0. The Balaban J connectivity index is 1.42. The molecule has 1 atom stereocenters. The lowest BCUT2D eigenvalue weighted by Crippen LogP contribution is -2.46. The van der Waals surface area contributed by atoms with Crippen molar-refractivity contribution in [3.63, 3.8) is 0 Å². The summed E-state index contributed by atoms with van der Waals surface area (Å²) in [5.74, 6) is 2.83. The molecule has 0 aromatic carbocycles. The first-order chi connectivity index (χ1) is 12.2. The van der Waals surface area contributed by atoms with Crippen molar-refractivity contribution in [1.82, 2.24) is 20.0 Å². The molecule has 4 rings (SSSR count). The first-order valence-corrected chi connectivity index (χ1v) is 8.87. The van der Waals surface area contributed by atoms with Gasteiger partial charge in [0.05, 0.1) is 12.1 Å². The molecule has 3 heterocycles. The fourth-order valence-corrected chi connectivity index (χ4v) is 3.46. The summed E-state index contributed by atoms with van der Waals surface area (Å²) in [6.07, 6.45) is 6.28. The van der Waals surface area contributed by atoms with Gasteiger partial charge in [0.2, 0.25) is 5.89 Å². The Labute approximate surface area is 147 Å². The van der Waals surface area contributed by atoms with Crippen LogP contribution in [0.5, 0.6) is 0 Å². The molecule has 0 spiro atoms. The Bertz CT molecular complexity index is 778. The number of piperidine rings is 1. The first-order valence-electron chi connectivity index (χ1n) is 8.87. The second-order valence-corrected chi connectivity index (χ2v) is 6.95. The largest absolute Gasteiger partial charge is 0.354 e. The fourth-order valence-electron chi connectivity index (χ4n) is 3.46. The molecule has 0 bridgehead atoms. The van der Waals surface area contributed by atoms with E-state index >= 15 is 0 Å². The molecule has 1 aliphatic carbocycles. The minimum atomic E-state index is 0.325. The van der Waals surface area contributed by atoms with Crippen LogP contribution in [0.2, 0.25) is 0 Å². The molecular formula is C18H22N6O. The van der Waals surface area contributed by atoms with E-state index in [-0.39, 0.29) is 0 Å². The van der Waals surface area contributed by atoms with E-state index in [0.29, 0.717) is 24.1 Å². The van der Waals surface area contributed by atoms with Crippen LogP contribution in [0.25, 0.3) is 0 Å².